The number of hydrogen-bond donors (Lipinski definition) is 1. The first-order chi connectivity index (χ1) is 5.79. The van der Waals surface area contributed by atoms with Gasteiger partial charge in [0.2, 0.25) is 0 Å². The predicted molar refractivity (Wildman–Crippen MR) is 46.1 cm³/mol. The van der Waals surface area contributed by atoms with Gasteiger partial charge in [0.1, 0.15) is 0 Å². The molecule has 0 radical (unpaired) electrons. The molecule has 0 unspecified atom stereocenters. The molecule has 70 valence electrons. The van der Waals surface area contributed by atoms with E-state index in [0.717, 1.165) is 32.6 Å². The molecule has 12 heavy (non-hydrogen) atoms. The highest BCUT2D eigenvalue weighted by Crippen LogP contribution is 2.23. The van der Waals surface area contributed by atoms with Crippen LogP contribution in [0.15, 0.2) is 0 Å². The monoisotopic (exact) mass is 171 g/mol. The van der Waals surface area contributed by atoms with Gasteiger partial charge in [0, 0.05) is 32.6 Å². The molecule has 3 nitrogen and oxygen atoms in total. The van der Waals surface area contributed by atoms with E-state index in [2.05, 4.69) is 4.90 Å². The van der Waals surface area contributed by atoms with Crippen molar-refractivity contribution in [2.45, 2.75) is 24.9 Å². The van der Waals surface area contributed by atoms with E-state index < -0.39 is 5.60 Å². The molecule has 0 aliphatic carbocycles. The fourth-order valence-electron chi connectivity index (χ4n) is 1.87. The zero-order valence-electron chi connectivity index (χ0n) is 7.46. The first-order valence-corrected chi connectivity index (χ1v) is 4.81. The van der Waals surface area contributed by atoms with Gasteiger partial charge in [-0.15, -0.1) is 0 Å². The molecule has 2 fully saturated rings. The van der Waals surface area contributed by atoms with Crippen LogP contribution in [0.4, 0.5) is 0 Å². The molecule has 2 aliphatic rings. The minimum absolute atomic E-state index is 0.446. The molecule has 3 heteroatoms. The van der Waals surface area contributed by atoms with E-state index in [1.54, 1.807) is 0 Å². The van der Waals surface area contributed by atoms with Crippen LogP contribution in [-0.2, 0) is 4.74 Å². The summed E-state index contributed by atoms with van der Waals surface area (Å²) in [5.41, 5.74) is -0.446. The molecule has 2 aliphatic heterocycles. The smallest absolute Gasteiger partial charge is 0.0817 e. The summed E-state index contributed by atoms with van der Waals surface area (Å²) in [6, 6.07) is 0. The van der Waals surface area contributed by atoms with Gasteiger partial charge < -0.3 is 14.7 Å². The Bertz CT molecular complexity index is 151. The first-order valence-electron chi connectivity index (χ1n) is 4.81. The number of rotatable bonds is 2. The average Bonchev–Trinajstić information content (AvgIpc) is 1.99. The lowest BCUT2D eigenvalue weighted by Gasteiger charge is -2.40. The van der Waals surface area contributed by atoms with Crippen molar-refractivity contribution in [3.8, 4) is 0 Å². The summed E-state index contributed by atoms with van der Waals surface area (Å²) in [5.74, 6) is 0. The molecule has 0 spiro atoms. The average molecular weight is 171 g/mol. The molecule has 0 amide bonds. The van der Waals surface area contributed by atoms with Crippen LogP contribution < -0.4 is 0 Å². The number of likely N-dealkylation sites (tertiary alicyclic amines) is 1. The van der Waals surface area contributed by atoms with Crippen molar-refractivity contribution in [1.82, 2.24) is 4.90 Å². The van der Waals surface area contributed by atoms with Gasteiger partial charge in [-0.25, -0.2) is 0 Å². The second-order valence-electron chi connectivity index (χ2n) is 3.97. The molecule has 0 saturated carbocycles. The van der Waals surface area contributed by atoms with Gasteiger partial charge in [-0.05, 0) is 19.5 Å². The minimum atomic E-state index is -0.446. The van der Waals surface area contributed by atoms with E-state index in [1.807, 2.05) is 0 Å². The van der Waals surface area contributed by atoms with Crippen LogP contribution in [0.1, 0.15) is 19.3 Å². The van der Waals surface area contributed by atoms with Crippen molar-refractivity contribution in [1.29, 1.82) is 0 Å². The molecule has 0 aromatic heterocycles. The Hall–Kier alpha value is -0.120. The van der Waals surface area contributed by atoms with E-state index in [-0.39, 0.29) is 0 Å². The Kier molecular flexibility index (Phi) is 2.35. The van der Waals surface area contributed by atoms with Crippen molar-refractivity contribution < 1.29 is 9.84 Å². The van der Waals surface area contributed by atoms with E-state index in [9.17, 15) is 5.11 Å². The second kappa shape index (κ2) is 3.32. The third-order valence-corrected chi connectivity index (χ3v) is 2.89. The van der Waals surface area contributed by atoms with Crippen molar-refractivity contribution >= 4 is 0 Å². The van der Waals surface area contributed by atoms with Gasteiger partial charge in [-0.2, -0.15) is 0 Å². The largest absolute Gasteiger partial charge is 0.388 e. The molecule has 2 heterocycles. The van der Waals surface area contributed by atoms with Crippen LogP contribution in [0.2, 0.25) is 0 Å². The third-order valence-electron chi connectivity index (χ3n) is 2.89. The van der Waals surface area contributed by atoms with Crippen LogP contribution >= 0.6 is 0 Å². The van der Waals surface area contributed by atoms with Crippen molar-refractivity contribution in [2.24, 2.45) is 0 Å². The van der Waals surface area contributed by atoms with Crippen LogP contribution in [-0.4, -0.2) is 48.5 Å². The van der Waals surface area contributed by atoms with Crippen LogP contribution in [0.5, 0.6) is 0 Å². The summed E-state index contributed by atoms with van der Waals surface area (Å²) in [6.07, 6.45) is 2.92. The molecular weight excluding hydrogens is 154 g/mol. The van der Waals surface area contributed by atoms with Crippen molar-refractivity contribution in [3.63, 3.8) is 0 Å². The van der Waals surface area contributed by atoms with Gasteiger partial charge in [0.25, 0.3) is 0 Å². The molecule has 1 N–H and O–H groups in total. The summed E-state index contributed by atoms with van der Waals surface area (Å²) in [6.45, 7) is 4.65. The number of nitrogens with zero attached hydrogens (tertiary/aromatic N) is 1. The molecule has 0 bridgehead atoms. The van der Waals surface area contributed by atoms with Crippen LogP contribution in [0.25, 0.3) is 0 Å². The molecule has 0 aromatic rings. The van der Waals surface area contributed by atoms with Gasteiger partial charge in [-0.3, -0.25) is 0 Å². The third kappa shape index (κ3) is 1.79. The van der Waals surface area contributed by atoms with Crippen molar-refractivity contribution in [2.75, 3.05) is 32.8 Å². The first kappa shape index (κ1) is 8.48. The Labute approximate surface area is 73.3 Å². The molecule has 2 rings (SSSR count). The maximum Gasteiger partial charge on any atom is 0.0817 e. The highest BCUT2D eigenvalue weighted by atomic mass is 16.5. The Morgan fingerprint density at radius 1 is 1.25 bits per heavy atom. The quantitative estimate of drug-likeness (QED) is 0.645. The standard InChI is InChI=1S/C9H17NO2/c11-9(2-6-12-7-3-9)8-10-4-1-5-10/h11H,1-8H2. The van der Waals surface area contributed by atoms with Crippen LogP contribution in [0, 0.1) is 0 Å². The summed E-state index contributed by atoms with van der Waals surface area (Å²) in [7, 11) is 0. The van der Waals surface area contributed by atoms with Gasteiger partial charge >= 0.3 is 0 Å². The summed E-state index contributed by atoms with van der Waals surface area (Å²) in [5, 5.41) is 10.1. The lowest BCUT2D eigenvalue weighted by molar-refractivity contribution is -0.0871. The van der Waals surface area contributed by atoms with E-state index >= 15 is 0 Å². The maximum atomic E-state index is 10.1. The van der Waals surface area contributed by atoms with E-state index in [4.69, 9.17) is 4.74 Å². The predicted octanol–water partition coefficient (Wildman–Crippen LogP) is 0.234. The zero-order valence-corrected chi connectivity index (χ0v) is 7.46. The highest BCUT2D eigenvalue weighted by molar-refractivity contribution is 4.86. The summed E-state index contributed by atoms with van der Waals surface area (Å²) >= 11 is 0. The lowest BCUT2D eigenvalue weighted by Crippen LogP contribution is -2.51. The Morgan fingerprint density at radius 2 is 1.92 bits per heavy atom. The molecule has 0 atom stereocenters. The summed E-state index contributed by atoms with van der Waals surface area (Å²) in [4.78, 5) is 2.32. The molecule has 2 saturated heterocycles. The van der Waals surface area contributed by atoms with Gasteiger partial charge in [-0.1, -0.05) is 0 Å². The highest BCUT2D eigenvalue weighted by Gasteiger charge is 2.33. The van der Waals surface area contributed by atoms with E-state index in [0.29, 0.717) is 0 Å². The number of aliphatic hydroxyl groups is 1. The molecule has 0 aromatic carbocycles. The number of hydrogen-bond acceptors (Lipinski definition) is 3. The maximum absolute atomic E-state index is 10.1. The minimum Gasteiger partial charge on any atom is -0.388 e. The summed E-state index contributed by atoms with van der Waals surface area (Å²) < 4.78 is 5.22. The fraction of sp³-hybridized carbons (Fsp3) is 1.00. The van der Waals surface area contributed by atoms with Gasteiger partial charge in [0.05, 0.1) is 5.60 Å². The Morgan fingerprint density at radius 3 is 2.42 bits per heavy atom. The topological polar surface area (TPSA) is 32.7 Å². The van der Waals surface area contributed by atoms with E-state index in [1.165, 1.54) is 19.5 Å². The Balaban J connectivity index is 1.81. The fourth-order valence-corrected chi connectivity index (χ4v) is 1.87. The van der Waals surface area contributed by atoms with Crippen molar-refractivity contribution in [3.05, 3.63) is 0 Å². The zero-order chi connectivity index (χ0) is 8.44. The normalized spacial score (nSPS) is 29.8. The lowest BCUT2D eigenvalue weighted by atomic mass is 9.93. The second-order valence-corrected chi connectivity index (χ2v) is 3.97. The molecular formula is C9H17NO2. The van der Waals surface area contributed by atoms with Gasteiger partial charge in [0.15, 0.2) is 0 Å². The number of ether oxygens (including phenoxy) is 1. The van der Waals surface area contributed by atoms with Crippen LogP contribution in [0.3, 0.4) is 0 Å². The SMILES string of the molecule is OC1(CN2CCC2)CCOCC1. The number of β-amino-alcohol motifs (C(OH)–C–C–N with tert-alkyl or cyclic N) is 1.